The van der Waals surface area contributed by atoms with Gasteiger partial charge in [-0.2, -0.15) is 0 Å². The number of rotatable bonds is 6. The fourth-order valence-electron chi connectivity index (χ4n) is 1.65. The Hall–Kier alpha value is -1.44. The maximum absolute atomic E-state index is 11.9. The van der Waals surface area contributed by atoms with E-state index in [1.807, 2.05) is 5.38 Å². The number of anilines is 1. The zero-order chi connectivity index (χ0) is 13.7. The summed E-state index contributed by atoms with van der Waals surface area (Å²) in [4.78, 5) is 4.10. The third kappa shape index (κ3) is 4.62. The van der Waals surface area contributed by atoms with E-state index >= 15 is 0 Å². The van der Waals surface area contributed by atoms with E-state index in [0.717, 1.165) is 5.69 Å². The molecule has 1 aromatic carbocycles. The van der Waals surface area contributed by atoms with Crippen LogP contribution in [0.25, 0.3) is 0 Å². The van der Waals surface area contributed by atoms with E-state index in [0.29, 0.717) is 24.2 Å². The van der Waals surface area contributed by atoms with Crippen molar-refractivity contribution in [3.05, 3.63) is 46.4 Å². The number of nitrogens with one attached hydrogen (secondary N) is 1. The van der Waals surface area contributed by atoms with Crippen molar-refractivity contribution in [3.63, 3.8) is 0 Å². The number of hydrogen-bond donors (Lipinski definition) is 2. The molecule has 0 radical (unpaired) electrons. The van der Waals surface area contributed by atoms with Crippen LogP contribution in [0.2, 0.25) is 0 Å². The first-order valence-corrected chi connectivity index (χ1v) is 8.33. The minimum Gasteiger partial charge on any atom is -0.399 e. The molecule has 2 rings (SSSR count). The zero-order valence-electron chi connectivity index (χ0n) is 10.2. The Morgan fingerprint density at radius 1 is 1.37 bits per heavy atom. The summed E-state index contributed by atoms with van der Waals surface area (Å²) in [6.45, 7) is 0.356. The molecule has 7 heteroatoms. The van der Waals surface area contributed by atoms with Crippen LogP contribution in [0, 0.1) is 0 Å². The van der Waals surface area contributed by atoms with Crippen LogP contribution in [-0.2, 0) is 22.2 Å². The number of sulfonamides is 1. The van der Waals surface area contributed by atoms with Crippen molar-refractivity contribution < 1.29 is 8.42 Å². The molecule has 1 aromatic heterocycles. The summed E-state index contributed by atoms with van der Waals surface area (Å²) < 4.78 is 26.3. The molecular weight excluding hydrogens is 282 g/mol. The molecule has 0 aliphatic rings. The van der Waals surface area contributed by atoms with Crippen molar-refractivity contribution in [1.82, 2.24) is 9.71 Å². The molecule has 0 saturated carbocycles. The standard InChI is InChI=1S/C12H15N3O2S2/c13-11-3-1-2-10(6-11)8-19(16,17)15-5-4-12-7-18-9-14-12/h1-3,6-7,9,15H,4-5,8,13H2. The highest BCUT2D eigenvalue weighted by atomic mass is 32.2. The average molecular weight is 297 g/mol. The maximum atomic E-state index is 11.9. The molecular formula is C12H15N3O2S2. The van der Waals surface area contributed by atoms with E-state index in [1.54, 1.807) is 29.8 Å². The van der Waals surface area contributed by atoms with E-state index in [9.17, 15) is 8.42 Å². The van der Waals surface area contributed by atoms with Crippen LogP contribution in [0.5, 0.6) is 0 Å². The molecule has 0 spiro atoms. The number of nitrogens with zero attached hydrogens (tertiary/aromatic N) is 1. The monoisotopic (exact) mass is 297 g/mol. The van der Waals surface area contributed by atoms with Crippen LogP contribution in [0.3, 0.4) is 0 Å². The number of nitrogen functional groups attached to an aromatic ring is 1. The van der Waals surface area contributed by atoms with Crippen LogP contribution in [0.1, 0.15) is 11.3 Å². The summed E-state index contributed by atoms with van der Waals surface area (Å²) >= 11 is 1.50. The lowest BCUT2D eigenvalue weighted by atomic mass is 10.2. The molecule has 0 aliphatic heterocycles. The van der Waals surface area contributed by atoms with Gasteiger partial charge in [0.05, 0.1) is 17.0 Å². The highest BCUT2D eigenvalue weighted by Crippen LogP contribution is 2.09. The molecule has 3 N–H and O–H groups in total. The Balaban J connectivity index is 1.88. The van der Waals surface area contributed by atoms with Crippen LogP contribution >= 0.6 is 11.3 Å². The van der Waals surface area contributed by atoms with Crippen molar-refractivity contribution in [2.75, 3.05) is 12.3 Å². The molecule has 19 heavy (non-hydrogen) atoms. The van der Waals surface area contributed by atoms with Crippen molar-refractivity contribution >= 4 is 27.0 Å². The number of thiazole rings is 1. The SMILES string of the molecule is Nc1cccc(CS(=O)(=O)NCCc2cscn2)c1. The van der Waals surface area contributed by atoms with Crippen LogP contribution in [0.15, 0.2) is 35.2 Å². The van der Waals surface area contributed by atoms with Crippen molar-refractivity contribution in [1.29, 1.82) is 0 Å². The summed E-state index contributed by atoms with van der Waals surface area (Å²) in [5, 5.41) is 1.91. The van der Waals surface area contributed by atoms with Gasteiger partial charge in [0.2, 0.25) is 10.0 Å². The molecule has 102 valence electrons. The quantitative estimate of drug-likeness (QED) is 0.789. The Morgan fingerprint density at radius 2 is 2.21 bits per heavy atom. The summed E-state index contributed by atoms with van der Waals surface area (Å²) in [5.41, 5.74) is 9.50. The first-order chi connectivity index (χ1) is 9.05. The second-order valence-electron chi connectivity index (χ2n) is 4.13. The van der Waals surface area contributed by atoms with E-state index < -0.39 is 10.0 Å². The Morgan fingerprint density at radius 3 is 2.89 bits per heavy atom. The number of hydrogen-bond acceptors (Lipinski definition) is 5. The lowest BCUT2D eigenvalue weighted by molar-refractivity contribution is 0.580. The first-order valence-electron chi connectivity index (χ1n) is 5.74. The topological polar surface area (TPSA) is 85.1 Å². The van der Waals surface area contributed by atoms with Crippen molar-refractivity contribution in [2.24, 2.45) is 0 Å². The lowest BCUT2D eigenvalue weighted by Gasteiger charge is -2.06. The van der Waals surface area contributed by atoms with Gasteiger partial charge in [-0.05, 0) is 17.7 Å². The van der Waals surface area contributed by atoms with Gasteiger partial charge in [-0.15, -0.1) is 11.3 Å². The third-order valence-electron chi connectivity index (χ3n) is 2.49. The summed E-state index contributed by atoms with van der Waals surface area (Å²) in [6.07, 6.45) is 0.597. The second-order valence-corrected chi connectivity index (χ2v) is 6.65. The Kier molecular flexibility index (Phi) is 4.52. The van der Waals surface area contributed by atoms with Crippen molar-refractivity contribution in [3.8, 4) is 0 Å². The second kappa shape index (κ2) is 6.14. The zero-order valence-corrected chi connectivity index (χ0v) is 11.9. The number of aromatic nitrogens is 1. The van der Waals surface area contributed by atoms with Gasteiger partial charge in [0.1, 0.15) is 0 Å². The van der Waals surface area contributed by atoms with Gasteiger partial charge in [-0.25, -0.2) is 18.1 Å². The normalized spacial score (nSPS) is 11.6. The van der Waals surface area contributed by atoms with E-state index in [1.165, 1.54) is 11.3 Å². The predicted molar refractivity (Wildman–Crippen MR) is 77.3 cm³/mol. The molecule has 0 fully saturated rings. The van der Waals surface area contributed by atoms with E-state index in [4.69, 9.17) is 5.73 Å². The smallest absolute Gasteiger partial charge is 0.215 e. The van der Waals surface area contributed by atoms with E-state index in [-0.39, 0.29) is 5.75 Å². The van der Waals surface area contributed by atoms with Gasteiger partial charge >= 0.3 is 0 Å². The average Bonchev–Trinajstić information content (AvgIpc) is 2.81. The third-order valence-corrected chi connectivity index (χ3v) is 4.49. The largest absolute Gasteiger partial charge is 0.399 e. The van der Waals surface area contributed by atoms with E-state index in [2.05, 4.69) is 9.71 Å². The summed E-state index contributed by atoms with van der Waals surface area (Å²) in [6, 6.07) is 6.89. The number of nitrogens with two attached hydrogens (primary N) is 1. The summed E-state index contributed by atoms with van der Waals surface area (Å²) in [5.74, 6) is -0.0604. The maximum Gasteiger partial charge on any atom is 0.215 e. The van der Waals surface area contributed by atoms with Gasteiger partial charge in [0, 0.05) is 24.0 Å². The van der Waals surface area contributed by atoms with Crippen molar-refractivity contribution in [2.45, 2.75) is 12.2 Å². The minimum atomic E-state index is -3.33. The molecule has 1 heterocycles. The van der Waals surface area contributed by atoms with Gasteiger partial charge in [0.15, 0.2) is 0 Å². The fraction of sp³-hybridized carbons (Fsp3) is 0.250. The highest BCUT2D eigenvalue weighted by molar-refractivity contribution is 7.88. The minimum absolute atomic E-state index is 0.0604. The Bertz CT molecular complexity index is 624. The van der Waals surface area contributed by atoms with Gasteiger partial charge in [-0.3, -0.25) is 0 Å². The van der Waals surface area contributed by atoms with Crippen LogP contribution in [-0.4, -0.2) is 19.9 Å². The van der Waals surface area contributed by atoms with Gasteiger partial charge < -0.3 is 5.73 Å². The van der Waals surface area contributed by atoms with Crippen LogP contribution < -0.4 is 10.5 Å². The molecule has 0 atom stereocenters. The van der Waals surface area contributed by atoms with Crippen LogP contribution in [0.4, 0.5) is 5.69 Å². The highest BCUT2D eigenvalue weighted by Gasteiger charge is 2.11. The molecule has 2 aromatic rings. The molecule has 5 nitrogen and oxygen atoms in total. The fourth-order valence-corrected chi connectivity index (χ4v) is 3.38. The molecule has 0 unspecified atom stereocenters. The lowest BCUT2D eigenvalue weighted by Crippen LogP contribution is -2.27. The number of benzene rings is 1. The molecule has 0 bridgehead atoms. The molecule has 0 aliphatic carbocycles. The summed E-state index contributed by atoms with van der Waals surface area (Å²) in [7, 11) is -3.33. The Labute approximate surface area is 116 Å². The predicted octanol–water partition coefficient (Wildman–Crippen LogP) is 1.39. The first kappa shape index (κ1) is 14.0. The molecule has 0 saturated heterocycles. The van der Waals surface area contributed by atoms with Gasteiger partial charge in [-0.1, -0.05) is 12.1 Å². The molecule has 0 amide bonds. The van der Waals surface area contributed by atoms with Gasteiger partial charge in [0.25, 0.3) is 0 Å².